The van der Waals surface area contributed by atoms with E-state index < -0.39 is 0 Å². The van der Waals surface area contributed by atoms with Gasteiger partial charge in [-0.2, -0.15) is 4.99 Å². The van der Waals surface area contributed by atoms with Gasteiger partial charge < -0.3 is 4.74 Å². The Kier molecular flexibility index (Phi) is 8.49. The SMILES string of the molecule is CCCCCCCOc1ccc(C#Cc2ccc(N=C=S)cc2)cc1. The molecule has 0 radical (unpaired) electrons. The van der Waals surface area contributed by atoms with Crippen molar-refractivity contribution in [3.63, 3.8) is 0 Å². The molecular weight excluding hydrogens is 326 g/mol. The highest BCUT2D eigenvalue weighted by Crippen LogP contribution is 2.14. The Morgan fingerprint density at radius 2 is 1.44 bits per heavy atom. The summed E-state index contributed by atoms with van der Waals surface area (Å²) in [6.45, 7) is 3.01. The Hall–Kier alpha value is -2.40. The van der Waals surface area contributed by atoms with E-state index in [1.54, 1.807) is 0 Å². The molecule has 0 bridgehead atoms. The minimum absolute atomic E-state index is 0.783. The van der Waals surface area contributed by atoms with Crippen LogP contribution in [0.4, 0.5) is 5.69 Å². The van der Waals surface area contributed by atoms with E-state index in [4.69, 9.17) is 4.74 Å². The molecule has 0 aliphatic carbocycles. The molecule has 0 amide bonds. The lowest BCUT2D eigenvalue weighted by molar-refractivity contribution is 0.304. The number of isothiocyanates is 1. The van der Waals surface area contributed by atoms with E-state index in [1.165, 1.54) is 25.7 Å². The normalized spacial score (nSPS) is 9.64. The highest BCUT2D eigenvalue weighted by Gasteiger charge is 1.95. The second kappa shape index (κ2) is 11.2. The molecule has 0 aliphatic rings. The van der Waals surface area contributed by atoms with Crippen LogP contribution in [0.15, 0.2) is 53.5 Å². The summed E-state index contributed by atoms with van der Waals surface area (Å²) in [6, 6.07) is 15.5. The Morgan fingerprint density at radius 1 is 0.840 bits per heavy atom. The molecule has 0 aromatic heterocycles. The standard InChI is InChI=1S/C22H23NOS/c1-2-3-4-5-6-17-24-22-15-11-20(12-16-22)8-7-19-9-13-21(14-10-19)23-18-25/h9-16H,2-6,17H2,1H3. The average molecular weight is 349 g/mol. The van der Waals surface area contributed by atoms with Gasteiger partial charge in [0.15, 0.2) is 0 Å². The smallest absolute Gasteiger partial charge is 0.119 e. The fourth-order valence-corrected chi connectivity index (χ4v) is 2.45. The van der Waals surface area contributed by atoms with Crippen LogP contribution in [-0.2, 0) is 0 Å². The zero-order chi connectivity index (χ0) is 17.7. The molecule has 0 atom stereocenters. The van der Waals surface area contributed by atoms with Crippen LogP contribution in [0.5, 0.6) is 5.75 Å². The van der Waals surface area contributed by atoms with E-state index >= 15 is 0 Å². The lowest BCUT2D eigenvalue weighted by Gasteiger charge is -2.05. The zero-order valence-corrected chi connectivity index (χ0v) is 15.4. The maximum atomic E-state index is 5.77. The summed E-state index contributed by atoms with van der Waals surface area (Å²) in [7, 11) is 0. The van der Waals surface area contributed by atoms with Crippen molar-refractivity contribution in [1.29, 1.82) is 0 Å². The van der Waals surface area contributed by atoms with Crippen molar-refractivity contribution < 1.29 is 4.74 Å². The van der Waals surface area contributed by atoms with Crippen molar-refractivity contribution in [3.05, 3.63) is 59.7 Å². The zero-order valence-electron chi connectivity index (χ0n) is 14.6. The van der Waals surface area contributed by atoms with Gasteiger partial charge in [-0.3, -0.25) is 0 Å². The first-order valence-corrected chi connectivity index (χ1v) is 9.15. The number of ether oxygens (including phenoxy) is 1. The topological polar surface area (TPSA) is 21.6 Å². The first-order chi connectivity index (χ1) is 12.3. The predicted octanol–water partition coefficient (Wildman–Crippen LogP) is 6.17. The number of benzene rings is 2. The summed E-state index contributed by atoms with van der Waals surface area (Å²) >= 11 is 4.59. The van der Waals surface area contributed by atoms with Crippen molar-refractivity contribution in [2.75, 3.05) is 6.61 Å². The highest BCUT2D eigenvalue weighted by atomic mass is 32.1. The molecule has 0 aliphatic heterocycles. The van der Waals surface area contributed by atoms with Gasteiger partial charge >= 0.3 is 0 Å². The van der Waals surface area contributed by atoms with Gasteiger partial charge in [0.2, 0.25) is 0 Å². The Labute approximate surface area is 156 Å². The van der Waals surface area contributed by atoms with Crippen LogP contribution in [0.25, 0.3) is 0 Å². The molecule has 0 saturated heterocycles. The van der Waals surface area contributed by atoms with Crippen molar-refractivity contribution in [3.8, 4) is 17.6 Å². The van der Waals surface area contributed by atoms with Gasteiger partial charge in [-0.15, -0.1) is 0 Å². The maximum Gasteiger partial charge on any atom is 0.119 e. The molecule has 25 heavy (non-hydrogen) atoms. The van der Waals surface area contributed by atoms with Gasteiger partial charge in [0.25, 0.3) is 0 Å². The number of hydrogen-bond acceptors (Lipinski definition) is 3. The molecule has 128 valence electrons. The van der Waals surface area contributed by atoms with Gasteiger partial charge in [-0.05, 0) is 67.2 Å². The molecule has 2 aromatic carbocycles. The lowest BCUT2D eigenvalue weighted by atomic mass is 10.1. The van der Waals surface area contributed by atoms with Crippen molar-refractivity contribution in [1.82, 2.24) is 0 Å². The average Bonchev–Trinajstić information content (AvgIpc) is 2.65. The third-order valence-electron chi connectivity index (χ3n) is 3.76. The number of unbranched alkanes of at least 4 members (excludes halogenated alkanes) is 4. The minimum Gasteiger partial charge on any atom is -0.494 e. The maximum absolute atomic E-state index is 5.77. The van der Waals surface area contributed by atoms with Gasteiger partial charge in [-0.1, -0.05) is 44.4 Å². The van der Waals surface area contributed by atoms with Gasteiger partial charge in [0, 0.05) is 11.1 Å². The van der Waals surface area contributed by atoms with E-state index in [0.29, 0.717) is 0 Å². The summed E-state index contributed by atoms with van der Waals surface area (Å²) in [5, 5.41) is 2.35. The first kappa shape index (κ1) is 18.9. The monoisotopic (exact) mass is 349 g/mol. The summed E-state index contributed by atoms with van der Waals surface area (Å²) in [5.41, 5.74) is 2.70. The summed E-state index contributed by atoms with van der Waals surface area (Å²) < 4.78 is 5.77. The molecule has 2 rings (SSSR count). The second-order valence-electron chi connectivity index (χ2n) is 5.79. The molecule has 2 aromatic rings. The van der Waals surface area contributed by atoms with Crippen molar-refractivity contribution in [2.45, 2.75) is 39.0 Å². The van der Waals surface area contributed by atoms with Gasteiger partial charge in [-0.25, -0.2) is 0 Å². The van der Waals surface area contributed by atoms with E-state index in [0.717, 1.165) is 35.6 Å². The van der Waals surface area contributed by atoms with E-state index in [1.807, 2.05) is 48.5 Å². The Balaban J connectivity index is 1.83. The van der Waals surface area contributed by atoms with Crippen molar-refractivity contribution in [2.24, 2.45) is 4.99 Å². The fourth-order valence-electron chi connectivity index (χ4n) is 2.35. The van der Waals surface area contributed by atoms with E-state index in [-0.39, 0.29) is 0 Å². The van der Waals surface area contributed by atoms with E-state index in [9.17, 15) is 0 Å². The van der Waals surface area contributed by atoms with E-state index in [2.05, 4.69) is 41.1 Å². The van der Waals surface area contributed by atoms with Crippen LogP contribution in [0.1, 0.15) is 50.2 Å². The number of rotatable bonds is 8. The van der Waals surface area contributed by atoms with Crippen molar-refractivity contribution >= 4 is 23.1 Å². The van der Waals surface area contributed by atoms with Crippen LogP contribution in [0, 0.1) is 11.8 Å². The molecule has 0 fully saturated rings. The fraction of sp³-hybridized carbons (Fsp3) is 0.318. The summed E-state index contributed by atoms with van der Waals surface area (Å²) in [4.78, 5) is 3.92. The molecule has 2 nitrogen and oxygen atoms in total. The first-order valence-electron chi connectivity index (χ1n) is 8.74. The minimum atomic E-state index is 0.783. The second-order valence-corrected chi connectivity index (χ2v) is 5.97. The Morgan fingerprint density at radius 3 is 2.04 bits per heavy atom. The molecule has 0 N–H and O–H groups in total. The Bertz CT molecular complexity index is 747. The van der Waals surface area contributed by atoms with Crippen LogP contribution < -0.4 is 4.74 Å². The molecule has 0 saturated carbocycles. The quantitative estimate of drug-likeness (QED) is 0.246. The number of nitrogens with zero attached hydrogens (tertiary/aromatic N) is 1. The van der Waals surface area contributed by atoms with Gasteiger partial charge in [0.05, 0.1) is 17.5 Å². The number of aliphatic imine (C=N–C) groups is 1. The summed E-state index contributed by atoms with van der Waals surface area (Å²) in [6.07, 6.45) is 6.24. The van der Waals surface area contributed by atoms with Gasteiger partial charge in [0.1, 0.15) is 5.75 Å². The molecule has 0 unspecified atom stereocenters. The number of hydrogen-bond donors (Lipinski definition) is 0. The summed E-state index contributed by atoms with van der Waals surface area (Å²) in [5.74, 6) is 7.21. The van der Waals surface area contributed by atoms with Crippen LogP contribution in [-0.4, -0.2) is 11.8 Å². The molecule has 0 heterocycles. The lowest BCUT2D eigenvalue weighted by Crippen LogP contribution is -1.97. The predicted molar refractivity (Wildman–Crippen MR) is 108 cm³/mol. The molecular formula is C22H23NOS. The van der Waals surface area contributed by atoms with Crippen LogP contribution in [0.2, 0.25) is 0 Å². The molecule has 3 heteroatoms. The third-order valence-corrected chi connectivity index (χ3v) is 3.86. The molecule has 0 spiro atoms. The van der Waals surface area contributed by atoms with Crippen LogP contribution in [0.3, 0.4) is 0 Å². The van der Waals surface area contributed by atoms with Crippen LogP contribution >= 0.6 is 12.2 Å². The largest absolute Gasteiger partial charge is 0.494 e. The highest BCUT2D eigenvalue weighted by molar-refractivity contribution is 7.78. The number of thiocarbonyl (C=S) groups is 1. The third kappa shape index (κ3) is 7.35.